The van der Waals surface area contributed by atoms with Gasteiger partial charge in [-0.15, -0.1) is 0 Å². The van der Waals surface area contributed by atoms with E-state index in [0.717, 1.165) is 0 Å². The van der Waals surface area contributed by atoms with Crippen molar-refractivity contribution in [1.29, 1.82) is 0 Å². The summed E-state index contributed by atoms with van der Waals surface area (Å²) in [6.07, 6.45) is 1.72. The zero-order valence-electron chi connectivity index (χ0n) is 12.0. The van der Waals surface area contributed by atoms with Crippen LogP contribution in [0.1, 0.15) is 10.6 Å². The Bertz CT molecular complexity index is 616. The fourth-order valence-corrected chi connectivity index (χ4v) is 2.75. The Balaban J connectivity index is 2.18. The number of carbonyl (C=O) groups excluding carboxylic acids is 1. The van der Waals surface area contributed by atoms with Crippen molar-refractivity contribution in [3.8, 4) is 11.8 Å². The number of methoxy groups -OCH3 is 1. The Morgan fingerprint density at radius 2 is 2.00 bits per heavy atom. The summed E-state index contributed by atoms with van der Waals surface area (Å²) >= 11 is 0. The first kappa shape index (κ1) is 14.3. The SMILES string of the molecule is COC(=O)c1ccc(Oc2cc([Si](C)(C)C)ccn2)o1. The fraction of sp³-hybridized carbons (Fsp3) is 0.286. The van der Waals surface area contributed by atoms with Crippen molar-refractivity contribution in [3.05, 3.63) is 36.2 Å². The maximum atomic E-state index is 11.3. The number of furan rings is 1. The lowest BCUT2D eigenvalue weighted by Gasteiger charge is -2.16. The van der Waals surface area contributed by atoms with E-state index in [0.29, 0.717) is 5.88 Å². The predicted molar refractivity (Wildman–Crippen MR) is 77.3 cm³/mol. The first-order valence-corrected chi connectivity index (χ1v) is 9.72. The fourth-order valence-electron chi connectivity index (χ4n) is 1.62. The van der Waals surface area contributed by atoms with Gasteiger partial charge in [0.1, 0.15) is 0 Å². The van der Waals surface area contributed by atoms with Crippen molar-refractivity contribution >= 4 is 19.2 Å². The lowest BCUT2D eigenvalue weighted by molar-refractivity contribution is 0.0560. The Morgan fingerprint density at radius 1 is 1.25 bits per heavy atom. The molecule has 0 fully saturated rings. The number of aromatic nitrogens is 1. The van der Waals surface area contributed by atoms with Crippen LogP contribution < -0.4 is 9.92 Å². The maximum absolute atomic E-state index is 11.3. The zero-order chi connectivity index (χ0) is 14.8. The Labute approximate surface area is 118 Å². The molecule has 0 bridgehead atoms. The lowest BCUT2D eigenvalue weighted by atomic mass is 10.4. The molecule has 0 aliphatic heterocycles. The smallest absolute Gasteiger partial charge is 0.374 e. The molecule has 0 amide bonds. The van der Waals surface area contributed by atoms with Crippen molar-refractivity contribution in [2.75, 3.05) is 7.11 Å². The molecule has 0 aliphatic carbocycles. The van der Waals surface area contributed by atoms with E-state index in [-0.39, 0.29) is 11.7 Å². The van der Waals surface area contributed by atoms with Gasteiger partial charge in [-0.05, 0) is 12.1 Å². The Morgan fingerprint density at radius 3 is 2.65 bits per heavy atom. The molecule has 0 unspecified atom stereocenters. The van der Waals surface area contributed by atoms with Crippen LogP contribution in [0, 0.1) is 0 Å². The van der Waals surface area contributed by atoms with Crippen LogP contribution in [0.2, 0.25) is 19.6 Å². The normalized spacial score (nSPS) is 11.2. The molecule has 0 spiro atoms. The summed E-state index contributed by atoms with van der Waals surface area (Å²) in [7, 11) is -0.129. The molecule has 106 valence electrons. The van der Waals surface area contributed by atoms with Crippen LogP contribution in [0.5, 0.6) is 11.8 Å². The van der Waals surface area contributed by atoms with Crippen LogP contribution in [0.25, 0.3) is 0 Å². The van der Waals surface area contributed by atoms with Gasteiger partial charge in [0, 0.05) is 18.3 Å². The first-order chi connectivity index (χ1) is 9.40. The largest absolute Gasteiger partial charge is 0.463 e. The molecular formula is C14H17NO4Si. The zero-order valence-corrected chi connectivity index (χ0v) is 13.0. The van der Waals surface area contributed by atoms with E-state index in [1.807, 2.05) is 12.1 Å². The molecule has 0 saturated carbocycles. The van der Waals surface area contributed by atoms with Gasteiger partial charge in [-0.1, -0.05) is 24.8 Å². The molecule has 0 radical (unpaired) electrons. The highest BCUT2D eigenvalue weighted by molar-refractivity contribution is 6.88. The number of nitrogens with zero attached hydrogens (tertiary/aromatic N) is 1. The van der Waals surface area contributed by atoms with Gasteiger partial charge in [-0.25, -0.2) is 9.78 Å². The van der Waals surface area contributed by atoms with E-state index >= 15 is 0 Å². The third kappa shape index (κ3) is 3.27. The van der Waals surface area contributed by atoms with Gasteiger partial charge in [-0.2, -0.15) is 0 Å². The number of pyridine rings is 1. The number of esters is 1. The molecule has 0 aromatic carbocycles. The van der Waals surface area contributed by atoms with E-state index < -0.39 is 14.0 Å². The van der Waals surface area contributed by atoms with E-state index in [4.69, 9.17) is 9.15 Å². The van der Waals surface area contributed by atoms with Gasteiger partial charge in [0.25, 0.3) is 5.95 Å². The van der Waals surface area contributed by atoms with Crippen LogP contribution in [-0.4, -0.2) is 26.1 Å². The van der Waals surface area contributed by atoms with E-state index in [2.05, 4.69) is 29.4 Å². The summed E-state index contributed by atoms with van der Waals surface area (Å²) in [6.45, 7) is 6.73. The molecule has 0 N–H and O–H groups in total. The van der Waals surface area contributed by atoms with Crippen LogP contribution in [-0.2, 0) is 4.74 Å². The van der Waals surface area contributed by atoms with Crippen LogP contribution in [0.4, 0.5) is 0 Å². The number of hydrogen-bond acceptors (Lipinski definition) is 5. The third-order valence-electron chi connectivity index (χ3n) is 2.77. The highest BCUT2D eigenvalue weighted by Crippen LogP contribution is 2.22. The third-order valence-corrected chi connectivity index (χ3v) is 4.82. The molecule has 20 heavy (non-hydrogen) atoms. The Kier molecular flexibility index (Phi) is 3.94. The second kappa shape index (κ2) is 5.50. The Hall–Kier alpha value is -2.08. The number of carbonyl (C=O) groups is 1. The minimum Gasteiger partial charge on any atom is -0.463 e. The van der Waals surface area contributed by atoms with Crippen LogP contribution in [0.15, 0.2) is 34.9 Å². The van der Waals surface area contributed by atoms with Gasteiger partial charge in [0.05, 0.1) is 15.2 Å². The molecule has 2 rings (SSSR count). The minimum absolute atomic E-state index is 0.101. The monoisotopic (exact) mass is 291 g/mol. The maximum Gasteiger partial charge on any atom is 0.374 e. The molecule has 0 atom stereocenters. The highest BCUT2D eigenvalue weighted by Gasteiger charge is 2.18. The topological polar surface area (TPSA) is 61.6 Å². The summed E-state index contributed by atoms with van der Waals surface area (Å²) in [6, 6.07) is 6.98. The van der Waals surface area contributed by atoms with Crippen molar-refractivity contribution < 1.29 is 18.7 Å². The van der Waals surface area contributed by atoms with Gasteiger partial charge >= 0.3 is 5.97 Å². The van der Waals surface area contributed by atoms with Crippen molar-refractivity contribution in [2.24, 2.45) is 0 Å². The molecule has 0 aliphatic rings. The second-order valence-corrected chi connectivity index (χ2v) is 10.4. The second-order valence-electron chi connectivity index (χ2n) is 5.35. The van der Waals surface area contributed by atoms with Gasteiger partial charge in [-0.3, -0.25) is 0 Å². The molecule has 2 aromatic heterocycles. The minimum atomic E-state index is -1.43. The summed E-state index contributed by atoms with van der Waals surface area (Å²) in [5.74, 6) is 0.230. The number of ether oxygens (including phenoxy) is 2. The summed E-state index contributed by atoms with van der Waals surface area (Å²) in [4.78, 5) is 15.4. The lowest BCUT2D eigenvalue weighted by Crippen LogP contribution is -2.37. The number of hydrogen-bond donors (Lipinski definition) is 0. The molecule has 2 aromatic rings. The molecule has 0 saturated heterocycles. The summed E-state index contributed by atoms with van der Waals surface area (Å²) < 4.78 is 15.3. The van der Waals surface area contributed by atoms with Gasteiger partial charge < -0.3 is 13.9 Å². The summed E-state index contributed by atoms with van der Waals surface area (Å²) in [5, 5.41) is 1.24. The van der Waals surface area contributed by atoms with Crippen LogP contribution in [0.3, 0.4) is 0 Å². The van der Waals surface area contributed by atoms with Crippen molar-refractivity contribution in [2.45, 2.75) is 19.6 Å². The predicted octanol–water partition coefficient (Wildman–Crippen LogP) is 2.80. The molecule has 6 heteroatoms. The molecule has 2 heterocycles. The first-order valence-electron chi connectivity index (χ1n) is 6.22. The average molecular weight is 291 g/mol. The quantitative estimate of drug-likeness (QED) is 0.640. The summed E-state index contributed by atoms with van der Waals surface area (Å²) in [5.41, 5.74) is 0. The van der Waals surface area contributed by atoms with Crippen molar-refractivity contribution in [1.82, 2.24) is 4.98 Å². The van der Waals surface area contributed by atoms with E-state index in [1.165, 1.54) is 18.4 Å². The van der Waals surface area contributed by atoms with Gasteiger partial charge in [0.2, 0.25) is 11.6 Å². The molecule has 5 nitrogen and oxygen atoms in total. The van der Waals surface area contributed by atoms with Crippen molar-refractivity contribution in [3.63, 3.8) is 0 Å². The molecular weight excluding hydrogens is 274 g/mol. The average Bonchev–Trinajstić information content (AvgIpc) is 2.85. The number of rotatable bonds is 4. The van der Waals surface area contributed by atoms with Crippen LogP contribution >= 0.6 is 0 Å². The van der Waals surface area contributed by atoms with E-state index in [1.54, 1.807) is 12.3 Å². The van der Waals surface area contributed by atoms with Gasteiger partial charge in [0.15, 0.2) is 0 Å². The van der Waals surface area contributed by atoms with E-state index in [9.17, 15) is 4.79 Å². The highest BCUT2D eigenvalue weighted by atomic mass is 28.3. The standard InChI is InChI=1S/C14H17NO4Si/c1-17-14(16)11-5-6-13(18-11)19-12-9-10(7-8-15-12)20(2,3)4/h5-9H,1-4H3.